The molecule has 7 nitrogen and oxygen atoms in total. The second kappa shape index (κ2) is 9.13. The fourth-order valence-corrected chi connectivity index (χ4v) is 3.32. The number of carbonyl (C=O) groups excluding carboxylic acids is 1. The van der Waals surface area contributed by atoms with Crippen LogP contribution in [0.1, 0.15) is 15.9 Å². The van der Waals surface area contributed by atoms with Gasteiger partial charge in [-0.25, -0.2) is 0 Å². The maximum atomic E-state index is 13.4. The molecule has 0 N–H and O–H groups in total. The van der Waals surface area contributed by atoms with Crippen molar-refractivity contribution in [3.8, 4) is 11.5 Å². The molecule has 7 heteroatoms. The smallest absolute Gasteiger partial charge is 0.282 e. The molecule has 0 radical (unpaired) electrons. The molecule has 1 amide bonds. The summed E-state index contributed by atoms with van der Waals surface area (Å²) < 4.78 is 11.2. The van der Waals surface area contributed by atoms with E-state index in [0.717, 1.165) is 5.56 Å². The third-order valence-electron chi connectivity index (χ3n) is 4.81. The van der Waals surface area contributed by atoms with Crippen molar-refractivity contribution in [3.05, 3.63) is 100 Å². The van der Waals surface area contributed by atoms with Gasteiger partial charge in [-0.3, -0.25) is 14.9 Å². The van der Waals surface area contributed by atoms with Gasteiger partial charge in [0.15, 0.2) is 11.5 Å². The summed E-state index contributed by atoms with van der Waals surface area (Å²) in [5.74, 6) is 0.672. The van der Waals surface area contributed by atoms with Crippen molar-refractivity contribution >= 4 is 23.4 Å². The van der Waals surface area contributed by atoms with Crippen LogP contribution in [-0.2, 0) is 0 Å². The maximum absolute atomic E-state index is 13.4. The summed E-state index contributed by atoms with van der Waals surface area (Å²) in [7, 11) is 0. The molecule has 0 fully saturated rings. The first-order valence-corrected chi connectivity index (χ1v) is 9.80. The zero-order valence-corrected chi connectivity index (χ0v) is 16.6. The molecule has 3 aromatic carbocycles. The van der Waals surface area contributed by atoms with E-state index in [9.17, 15) is 14.9 Å². The maximum Gasteiger partial charge on any atom is 0.282 e. The lowest BCUT2D eigenvalue weighted by Gasteiger charge is -2.24. The Morgan fingerprint density at radius 1 is 0.968 bits per heavy atom. The number of fused-ring (bicyclic) bond motifs is 1. The molecule has 0 spiro atoms. The number of ether oxygens (including phenoxy) is 2. The molecule has 0 saturated carbocycles. The molecule has 156 valence electrons. The Bertz CT molecular complexity index is 1130. The average Bonchev–Trinajstić information content (AvgIpc) is 2.82. The van der Waals surface area contributed by atoms with Crippen LogP contribution >= 0.6 is 0 Å². The number of nitro groups is 1. The van der Waals surface area contributed by atoms with E-state index in [2.05, 4.69) is 0 Å². The van der Waals surface area contributed by atoms with Crippen molar-refractivity contribution in [1.29, 1.82) is 0 Å². The molecule has 0 bridgehead atoms. The largest absolute Gasteiger partial charge is 0.486 e. The average molecular weight is 416 g/mol. The molecule has 3 aromatic rings. The minimum atomic E-state index is -0.547. The fourth-order valence-electron chi connectivity index (χ4n) is 3.32. The van der Waals surface area contributed by atoms with E-state index in [0.29, 0.717) is 30.4 Å². The van der Waals surface area contributed by atoms with E-state index in [4.69, 9.17) is 9.47 Å². The predicted molar refractivity (Wildman–Crippen MR) is 118 cm³/mol. The van der Waals surface area contributed by atoms with Crippen molar-refractivity contribution < 1.29 is 19.2 Å². The monoisotopic (exact) mass is 416 g/mol. The third-order valence-corrected chi connectivity index (χ3v) is 4.81. The van der Waals surface area contributed by atoms with E-state index in [-0.39, 0.29) is 17.8 Å². The van der Waals surface area contributed by atoms with Gasteiger partial charge in [-0.05, 0) is 23.8 Å². The van der Waals surface area contributed by atoms with Crippen LogP contribution in [0.2, 0.25) is 0 Å². The van der Waals surface area contributed by atoms with Crippen LogP contribution in [0, 0.1) is 10.1 Å². The van der Waals surface area contributed by atoms with Gasteiger partial charge in [-0.15, -0.1) is 0 Å². The molecule has 1 aliphatic heterocycles. The summed E-state index contributed by atoms with van der Waals surface area (Å²) in [5.41, 5.74) is 1.34. The minimum Gasteiger partial charge on any atom is -0.486 e. The van der Waals surface area contributed by atoms with Crippen molar-refractivity contribution in [1.82, 2.24) is 0 Å². The first kappa shape index (κ1) is 20.2. The SMILES string of the molecule is O=C(c1ccccc1[N+](=O)[O-])N(C/C=C\c1ccccc1)c1ccc2c(c1)OCCO2. The number of benzene rings is 3. The number of anilines is 1. The second-order valence-electron chi connectivity index (χ2n) is 6.83. The van der Waals surface area contributed by atoms with E-state index in [1.165, 1.54) is 17.0 Å². The number of hydrogen-bond acceptors (Lipinski definition) is 5. The normalized spacial score (nSPS) is 12.5. The minimum absolute atomic E-state index is 0.0236. The summed E-state index contributed by atoms with van der Waals surface area (Å²) >= 11 is 0. The third kappa shape index (κ3) is 4.56. The van der Waals surface area contributed by atoms with Gasteiger partial charge < -0.3 is 14.4 Å². The molecule has 1 aliphatic rings. The molecule has 0 atom stereocenters. The highest BCUT2D eigenvalue weighted by atomic mass is 16.6. The number of amides is 1. The summed E-state index contributed by atoms with van der Waals surface area (Å²) in [6, 6.07) is 20.8. The molecular weight excluding hydrogens is 396 g/mol. The van der Waals surface area contributed by atoms with E-state index < -0.39 is 10.8 Å². The lowest BCUT2D eigenvalue weighted by atomic mass is 10.1. The van der Waals surface area contributed by atoms with Gasteiger partial charge in [0.25, 0.3) is 11.6 Å². The Labute approximate surface area is 179 Å². The molecule has 0 aliphatic carbocycles. The van der Waals surface area contributed by atoms with Crippen molar-refractivity contribution in [2.24, 2.45) is 0 Å². The van der Waals surface area contributed by atoms with Gasteiger partial charge in [-0.1, -0.05) is 54.6 Å². The molecule has 1 heterocycles. The molecular formula is C24H20N2O5. The number of para-hydroxylation sites is 1. The second-order valence-corrected chi connectivity index (χ2v) is 6.83. The zero-order chi connectivity index (χ0) is 21.6. The van der Waals surface area contributed by atoms with Crippen LogP contribution in [0.5, 0.6) is 11.5 Å². The number of hydrogen-bond donors (Lipinski definition) is 0. The van der Waals surface area contributed by atoms with Gasteiger partial charge in [0.05, 0.1) is 4.92 Å². The van der Waals surface area contributed by atoms with Crippen molar-refractivity contribution in [2.75, 3.05) is 24.7 Å². The Hall–Kier alpha value is -4.13. The lowest BCUT2D eigenvalue weighted by Crippen LogP contribution is -2.31. The van der Waals surface area contributed by atoms with Crippen molar-refractivity contribution in [3.63, 3.8) is 0 Å². The first-order chi connectivity index (χ1) is 15.1. The summed E-state index contributed by atoms with van der Waals surface area (Å²) in [6.45, 7) is 1.10. The molecule has 4 rings (SSSR count). The Balaban J connectivity index is 1.69. The van der Waals surface area contributed by atoms with E-state index in [1.807, 2.05) is 42.5 Å². The highest BCUT2D eigenvalue weighted by Gasteiger charge is 2.26. The Morgan fingerprint density at radius 2 is 1.68 bits per heavy atom. The summed E-state index contributed by atoms with van der Waals surface area (Å²) in [4.78, 5) is 25.8. The highest BCUT2D eigenvalue weighted by molar-refractivity contribution is 6.09. The van der Waals surface area contributed by atoms with E-state index in [1.54, 1.807) is 30.3 Å². The molecule has 0 saturated heterocycles. The number of rotatable bonds is 6. The quantitative estimate of drug-likeness (QED) is 0.429. The topological polar surface area (TPSA) is 81.9 Å². The van der Waals surface area contributed by atoms with Crippen LogP contribution < -0.4 is 14.4 Å². The first-order valence-electron chi connectivity index (χ1n) is 9.80. The number of carbonyl (C=O) groups is 1. The van der Waals surface area contributed by atoms with Gasteiger partial charge in [0, 0.05) is 24.4 Å². The predicted octanol–water partition coefficient (Wildman–Crippen LogP) is 4.73. The van der Waals surface area contributed by atoms with Crippen LogP contribution in [-0.4, -0.2) is 30.6 Å². The van der Waals surface area contributed by atoms with Gasteiger partial charge in [0.2, 0.25) is 0 Å². The zero-order valence-electron chi connectivity index (χ0n) is 16.6. The van der Waals surface area contributed by atoms with Crippen LogP contribution in [0.4, 0.5) is 11.4 Å². The molecule has 31 heavy (non-hydrogen) atoms. The summed E-state index contributed by atoms with van der Waals surface area (Å²) in [6.07, 6.45) is 3.75. The van der Waals surface area contributed by atoms with Gasteiger partial charge in [-0.2, -0.15) is 0 Å². The van der Waals surface area contributed by atoms with Crippen molar-refractivity contribution in [2.45, 2.75) is 0 Å². The standard InChI is InChI=1S/C24H20N2O5/c27-24(20-10-4-5-11-21(20)26(28)29)25(14-6-9-18-7-2-1-3-8-18)19-12-13-22-23(17-19)31-16-15-30-22/h1-13,17H,14-16H2/b9-6-. The Morgan fingerprint density at radius 3 is 2.45 bits per heavy atom. The van der Waals surface area contributed by atoms with Crippen LogP contribution in [0.3, 0.4) is 0 Å². The van der Waals surface area contributed by atoms with Gasteiger partial charge >= 0.3 is 0 Å². The Kier molecular flexibility index (Phi) is 5.93. The van der Waals surface area contributed by atoms with Crippen LogP contribution in [0.25, 0.3) is 6.08 Å². The summed E-state index contributed by atoms with van der Waals surface area (Å²) in [5, 5.41) is 11.5. The van der Waals surface area contributed by atoms with E-state index >= 15 is 0 Å². The molecule has 0 unspecified atom stereocenters. The number of nitrogens with zero attached hydrogens (tertiary/aromatic N) is 2. The number of nitro benzene ring substituents is 1. The van der Waals surface area contributed by atoms with Gasteiger partial charge in [0.1, 0.15) is 18.8 Å². The van der Waals surface area contributed by atoms with Crippen LogP contribution in [0.15, 0.2) is 78.9 Å². The fraction of sp³-hybridized carbons (Fsp3) is 0.125. The molecule has 0 aromatic heterocycles. The highest BCUT2D eigenvalue weighted by Crippen LogP contribution is 2.35. The lowest BCUT2D eigenvalue weighted by molar-refractivity contribution is -0.385.